The molecule has 1 saturated heterocycles. The summed E-state index contributed by atoms with van der Waals surface area (Å²) in [5, 5.41) is 9.46. The maximum atomic E-state index is 12.3. The van der Waals surface area contributed by atoms with E-state index >= 15 is 0 Å². The van der Waals surface area contributed by atoms with Gasteiger partial charge in [0, 0.05) is 33.1 Å². The number of benzene rings is 1. The number of nitrogens with one attached hydrogen (secondary N) is 1. The first-order valence-corrected chi connectivity index (χ1v) is 8.91. The SMILES string of the molecule is Cn1c(N2CCC(c3nc4ccccc4[nH]3)CC2)c(C#N)c(=O)n(C)c1=O. The second-order valence-electron chi connectivity index (χ2n) is 6.92. The lowest BCUT2D eigenvalue weighted by molar-refractivity contribution is 0.480. The number of H-pyrrole nitrogens is 1. The van der Waals surface area contributed by atoms with Crippen LogP contribution in [0.15, 0.2) is 33.9 Å². The normalized spacial score (nSPS) is 15.2. The first-order chi connectivity index (χ1) is 13.0. The van der Waals surface area contributed by atoms with E-state index in [1.165, 1.54) is 11.6 Å². The summed E-state index contributed by atoms with van der Waals surface area (Å²) in [6, 6.07) is 9.92. The van der Waals surface area contributed by atoms with Gasteiger partial charge in [0.05, 0.1) is 11.0 Å². The molecule has 0 amide bonds. The number of hydrogen-bond acceptors (Lipinski definition) is 5. The van der Waals surface area contributed by atoms with Gasteiger partial charge in [-0.2, -0.15) is 5.26 Å². The minimum Gasteiger partial charge on any atom is -0.357 e. The van der Waals surface area contributed by atoms with Crippen molar-refractivity contribution in [3.63, 3.8) is 0 Å². The molecule has 0 spiro atoms. The topological polar surface area (TPSA) is 99.7 Å². The summed E-state index contributed by atoms with van der Waals surface area (Å²) < 4.78 is 2.37. The van der Waals surface area contributed by atoms with Crippen molar-refractivity contribution in [2.75, 3.05) is 18.0 Å². The van der Waals surface area contributed by atoms with Gasteiger partial charge in [-0.15, -0.1) is 0 Å². The van der Waals surface area contributed by atoms with Crippen molar-refractivity contribution in [2.45, 2.75) is 18.8 Å². The number of anilines is 1. The highest BCUT2D eigenvalue weighted by Gasteiger charge is 2.27. The summed E-state index contributed by atoms with van der Waals surface area (Å²) in [5.41, 5.74) is 1.02. The molecule has 0 unspecified atom stereocenters. The predicted molar refractivity (Wildman–Crippen MR) is 102 cm³/mol. The van der Waals surface area contributed by atoms with Gasteiger partial charge in [0.1, 0.15) is 17.7 Å². The molecule has 1 N–H and O–H groups in total. The van der Waals surface area contributed by atoms with Crippen LogP contribution in [0.2, 0.25) is 0 Å². The van der Waals surface area contributed by atoms with Gasteiger partial charge in [0.2, 0.25) is 0 Å². The van der Waals surface area contributed by atoms with Gasteiger partial charge < -0.3 is 9.88 Å². The lowest BCUT2D eigenvalue weighted by Gasteiger charge is -2.34. The Morgan fingerprint density at radius 2 is 1.85 bits per heavy atom. The molecule has 27 heavy (non-hydrogen) atoms. The monoisotopic (exact) mass is 364 g/mol. The third-order valence-corrected chi connectivity index (χ3v) is 5.33. The molecule has 138 valence electrons. The molecule has 2 aromatic heterocycles. The van der Waals surface area contributed by atoms with E-state index in [9.17, 15) is 14.9 Å². The van der Waals surface area contributed by atoms with Gasteiger partial charge in [-0.25, -0.2) is 9.78 Å². The molecule has 3 aromatic rings. The van der Waals surface area contributed by atoms with Gasteiger partial charge in [-0.3, -0.25) is 13.9 Å². The second-order valence-corrected chi connectivity index (χ2v) is 6.92. The number of nitrogens with zero attached hydrogens (tertiary/aromatic N) is 5. The van der Waals surface area contributed by atoms with Gasteiger partial charge in [-0.05, 0) is 25.0 Å². The van der Waals surface area contributed by atoms with Crippen LogP contribution in [-0.2, 0) is 14.1 Å². The average Bonchev–Trinajstić information content (AvgIpc) is 3.13. The quantitative estimate of drug-likeness (QED) is 0.737. The molecule has 0 aliphatic carbocycles. The van der Waals surface area contributed by atoms with Gasteiger partial charge in [0.15, 0.2) is 5.56 Å². The molecule has 0 saturated carbocycles. The molecule has 0 radical (unpaired) electrons. The van der Waals surface area contributed by atoms with Crippen LogP contribution < -0.4 is 16.1 Å². The zero-order chi connectivity index (χ0) is 19.1. The molecule has 8 heteroatoms. The number of hydrogen-bond donors (Lipinski definition) is 1. The average molecular weight is 364 g/mol. The Hall–Kier alpha value is -3.34. The number of aromatic nitrogens is 4. The molecule has 0 atom stereocenters. The predicted octanol–water partition coefficient (Wildman–Crippen LogP) is 1.22. The Balaban J connectivity index is 1.62. The lowest BCUT2D eigenvalue weighted by atomic mass is 9.96. The van der Waals surface area contributed by atoms with E-state index in [4.69, 9.17) is 4.98 Å². The van der Waals surface area contributed by atoms with Gasteiger partial charge >= 0.3 is 5.69 Å². The minimum atomic E-state index is -0.546. The number of imidazole rings is 1. The van der Waals surface area contributed by atoms with E-state index < -0.39 is 11.2 Å². The number of piperidine rings is 1. The summed E-state index contributed by atoms with van der Waals surface area (Å²) in [7, 11) is 2.99. The highest BCUT2D eigenvalue weighted by atomic mass is 16.2. The number of aromatic amines is 1. The zero-order valence-electron chi connectivity index (χ0n) is 15.3. The first kappa shape index (κ1) is 17.1. The van der Waals surface area contributed by atoms with Crippen LogP contribution in [0.1, 0.15) is 30.1 Å². The van der Waals surface area contributed by atoms with Crippen LogP contribution >= 0.6 is 0 Å². The van der Waals surface area contributed by atoms with E-state index in [1.807, 2.05) is 35.2 Å². The van der Waals surface area contributed by atoms with Crippen LogP contribution in [0, 0.1) is 11.3 Å². The van der Waals surface area contributed by atoms with E-state index in [0.29, 0.717) is 18.9 Å². The van der Waals surface area contributed by atoms with E-state index in [1.54, 1.807) is 7.05 Å². The molecule has 1 aliphatic heterocycles. The smallest absolute Gasteiger partial charge is 0.332 e. The maximum absolute atomic E-state index is 12.3. The summed E-state index contributed by atoms with van der Waals surface area (Å²) >= 11 is 0. The first-order valence-electron chi connectivity index (χ1n) is 8.91. The van der Waals surface area contributed by atoms with Gasteiger partial charge in [0.25, 0.3) is 5.56 Å². The van der Waals surface area contributed by atoms with E-state index in [0.717, 1.165) is 34.3 Å². The fourth-order valence-corrected chi connectivity index (χ4v) is 3.83. The van der Waals surface area contributed by atoms with Gasteiger partial charge in [-0.1, -0.05) is 12.1 Å². The highest BCUT2D eigenvalue weighted by Crippen LogP contribution is 2.30. The second kappa shape index (κ2) is 6.43. The standard InChI is InChI=1S/C19H20N6O2/c1-23-17(13(11-20)18(26)24(2)19(23)27)25-9-7-12(8-10-25)16-21-14-5-3-4-6-15(14)22-16/h3-6,12H,7-10H2,1-2H3,(H,21,22). The Morgan fingerprint density at radius 3 is 2.52 bits per heavy atom. The number of para-hydroxylation sites is 2. The summed E-state index contributed by atoms with van der Waals surface area (Å²) in [6.45, 7) is 1.30. The van der Waals surface area contributed by atoms with Crippen molar-refractivity contribution >= 4 is 16.9 Å². The highest BCUT2D eigenvalue weighted by molar-refractivity contribution is 5.74. The molecular formula is C19H20N6O2. The molecule has 4 rings (SSSR count). The Kier molecular flexibility index (Phi) is 4.07. The third-order valence-electron chi connectivity index (χ3n) is 5.33. The lowest BCUT2D eigenvalue weighted by Crippen LogP contribution is -2.44. The summed E-state index contributed by atoms with van der Waals surface area (Å²) in [4.78, 5) is 34.6. The fourth-order valence-electron chi connectivity index (χ4n) is 3.83. The van der Waals surface area contributed by atoms with Crippen LogP contribution in [0.4, 0.5) is 5.82 Å². The molecule has 8 nitrogen and oxygen atoms in total. The number of rotatable bonds is 2. The molecule has 1 aromatic carbocycles. The number of fused-ring (bicyclic) bond motifs is 1. The zero-order valence-corrected chi connectivity index (χ0v) is 15.3. The Morgan fingerprint density at radius 1 is 1.15 bits per heavy atom. The van der Waals surface area contributed by atoms with Crippen molar-refractivity contribution in [1.82, 2.24) is 19.1 Å². The molecule has 3 heterocycles. The third kappa shape index (κ3) is 2.72. The summed E-state index contributed by atoms with van der Waals surface area (Å²) in [6.07, 6.45) is 1.65. The van der Waals surface area contributed by atoms with Crippen molar-refractivity contribution in [3.8, 4) is 6.07 Å². The Labute approximate surface area is 155 Å². The van der Waals surface area contributed by atoms with Crippen molar-refractivity contribution in [2.24, 2.45) is 14.1 Å². The van der Waals surface area contributed by atoms with Crippen molar-refractivity contribution in [1.29, 1.82) is 5.26 Å². The minimum absolute atomic E-state index is 0.0155. The van der Waals surface area contributed by atoms with Crippen molar-refractivity contribution < 1.29 is 0 Å². The molecule has 0 bridgehead atoms. The van der Waals surface area contributed by atoms with Crippen LogP contribution in [-0.4, -0.2) is 32.2 Å². The van der Waals surface area contributed by atoms with E-state index in [2.05, 4.69) is 4.98 Å². The van der Waals surface area contributed by atoms with Crippen LogP contribution in [0.25, 0.3) is 11.0 Å². The molecule has 1 aliphatic rings. The van der Waals surface area contributed by atoms with Crippen LogP contribution in [0.3, 0.4) is 0 Å². The maximum Gasteiger partial charge on any atom is 0.332 e. The fraction of sp³-hybridized carbons (Fsp3) is 0.368. The number of nitriles is 1. The largest absolute Gasteiger partial charge is 0.357 e. The molecular weight excluding hydrogens is 344 g/mol. The summed E-state index contributed by atoms with van der Waals surface area (Å²) in [5.74, 6) is 1.66. The Bertz CT molecular complexity index is 1140. The van der Waals surface area contributed by atoms with Crippen LogP contribution in [0.5, 0.6) is 0 Å². The van der Waals surface area contributed by atoms with E-state index in [-0.39, 0.29) is 11.5 Å². The molecule has 1 fully saturated rings. The van der Waals surface area contributed by atoms with Crippen molar-refractivity contribution in [3.05, 3.63) is 56.5 Å².